The van der Waals surface area contributed by atoms with Gasteiger partial charge in [0.05, 0.1) is 5.69 Å². The first-order chi connectivity index (χ1) is 10.6. The topological polar surface area (TPSA) is 38.1 Å². The molecule has 1 aliphatic heterocycles. The Morgan fingerprint density at radius 3 is 2.77 bits per heavy atom. The third-order valence-corrected chi connectivity index (χ3v) is 4.37. The third kappa shape index (κ3) is 3.25. The van der Waals surface area contributed by atoms with Crippen LogP contribution in [-0.2, 0) is 13.6 Å². The number of carbonyl (C=O) groups excluding carboxylic acids is 1. The molecule has 0 bridgehead atoms. The molecular formula is C17H20FN3O. The number of benzene rings is 1. The lowest BCUT2D eigenvalue weighted by Crippen LogP contribution is -2.31. The molecule has 1 aromatic heterocycles. The van der Waals surface area contributed by atoms with Gasteiger partial charge in [0, 0.05) is 37.8 Å². The van der Waals surface area contributed by atoms with Gasteiger partial charge in [0.2, 0.25) is 0 Å². The largest absolute Gasteiger partial charge is 0.294 e. The monoisotopic (exact) mass is 301 g/mol. The molecule has 116 valence electrons. The van der Waals surface area contributed by atoms with Crippen LogP contribution < -0.4 is 0 Å². The van der Waals surface area contributed by atoms with Crippen molar-refractivity contribution in [2.24, 2.45) is 7.05 Å². The van der Waals surface area contributed by atoms with Crippen molar-refractivity contribution in [3.8, 4) is 0 Å². The summed E-state index contributed by atoms with van der Waals surface area (Å²) in [5, 5.41) is 4.19. The van der Waals surface area contributed by atoms with Gasteiger partial charge >= 0.3 is 0 Å². The minimum Gasteiger partial charge on any atom is -0.294 e. The highest BCUT2D eigenvalue weighted by Gasteiger charge is 2.27. The van der Waals surface area contributed by atoms with Crippen LogP contribution in [0.4, 0.5) is 4.39 Å². The Morgan fingerprint density at radius 2 is 2.09 bits per heavy atom. The van der Waals surface area contributed by atoms with Crippen molar-refractivity contribution in [3.63, 3.8) is 0 Å². The number of carbonyl (C=O) groups is 1. The van der Waals surface area contributed by atoms with Gasteiger partial charge in [-0.25, -0.2) is 4.39 Å². The van der Waals surface area contributed by atoms with Crippen LogP contribution in [0.5, 0.6) is 0 Å². The number of hydrogen-bond acceptors (Lipinski definition) is 3. The van der Waals surface area contributed by atoms with Gasteiger partial charge in [-0.2, -0.15) is 5.10 Å². The Morgan fingerprint density at radius 1 is 1.32 bits per heavy atom. The van der Waals surface area contributed by atoms with Crippen LogP contribution in [0, 0.1) is 5.82 Å². The Balaban J connectivity index is 1.64. The first-order valence-corrected chi connectivity index (χ1v) is 7.63. The maximum atomic E-state index is 12.9. The molecular weight excluding hydrogens is 281 g/mol. The first-order valence-electron chi connectivity index (χ1n) is 7.63. The highest BCUT2D eigenvalue weighted by atomic mass is 19.1. The smallest absolute Gasteiger partial charge is 0.164 e. The molecule has 0 spiro atoms. The Kier molecular flexibility index (Phi) is 4.34. The Labute approximate surface area is 129 Å². The van der Waals surface area contributed by atoms with Crippen molar-refractivity contribution in [2.45, 2.75) is 31.8 Å². The van der Waals surface area contributed by atoms with Crippen molar-refractivity contribution in [3.05, 3.63) is 53.6 Å². The van der Waals surface area contributed by atoms with E-state index in [2.05, 4.69) is 10.00 Å². The fourth-order valence-electron chi connectivity index (χ4n) is 3.07. The van der Waals surface area contributed by atoms with Crippen LogP contribution in [0.3, 0.4) is 0 Å². The van der Waals surface area contributed by atoms with E-state index in [-0.39, 0.29) is 17.6 Å². The number of ketones is 1. The SMILES string of the molecule is Cn1nccc1CN1CCC[C@H]1CC(=O)c1ccc(F)cc1. The zero-order chi connectivity index (χ0) is 15.5. The molecule has 2 heterocycles. The number of Topliss-reactive ketones (excluding diaryl/α,β-unsaturated/α-hetero) is 1. The van der Waals surface area contributed by atoms with Gasteiger partial charge in [0.1, 0.15) is 5.82 Å². The molecule has 0 radical (unpaired) electrons. The van der Waals surface area contributed by atoms with Gasteiger partial charge < -0.3 is 0 Å². The Hall–Kier alpha value is -2.01. The number of likely N-dealkylation sites (tertiary alicyclic amines) is 1. The molecule has 5 heteroatoms. The van der Waals surface area contributed by atoms with Crippen LogP contribution >= 0.6 is 0 Å². The van der Waals surface area contributed by atoms with Crippen LogP contribution in [0.25, 0.3) is 0 Å². The van der Waals surface area contributed by atoms with Crippen molar-refractivity contribution in [1.29, 1.82) is 0 Å². The van der Waals surface area contributed by atoms with Crippen molar-refractivity contribution in [1.82, 2.24) is 14.7 Å². The first kappa shape index (κ1) is 14.9. The average molecular weight is 301 g/mol. The van der Waals surface area contributed by atoms with Gasteiger partial charge in [-0.05, 0) is 49.7 Å². The van der Waals surface area contributed by atoms with Gasteiger partial charge in [0.15, 0.2) is 5.78 Å². The van der Waals surface area contributed by atoms with Gasteiger partial charge in [0.25, 0.3) is 0 Å². The van der Waals surface area contributed by atoms with Gasteiger partial charge in [-0.1, -0.05) is 0 Å². The number of nitrogens with zero attached hydrogens (tertiary/aromatic N) is 3. The predicted octanol–water partition coefficient (Wildman–Crippen LogP) is 2.80. The van der Waals surface area contributed by atoms with Crippen LogP contribution in [0.1, 0.15) is 35.3 Å². The summed E-state index contributed by atoms with van der Waals surface area (Å²) in [5.74, 6) is -0.225. The number of aromatic nitrogens is 2. The second-order valence-electron chi connectivity index (χ2n) is 5.85. The Bertz CT molecular complexity index is 650. The second kappa shape index (κ2) is 6.40. The zero-order valence-corrected chi connectivity index (χ0v) is 12.7. The summed E-state index contributed by atoms with van der Waals surface area (Å²) in [6.45, 7) is 1.82. The maximum Gasteiger partial charge on any atom is 0.164 e. The fourth-order valence-corrected chi connectivity index (χ4v) is 3.07. The lowest BCUT2D eigenvalue weighted by atomic mass is 10.0. The van der Waals surface area contributed by atoms with E-state index < -0.39 is 0 Å². The van der Waals surface area contributed by atoms with E-state index in [1.165, 1.54) is 12.1 Å². The molecule has 4 nitrogen and oxygen atoms in total. The molecule has 3 rings (SSSR count). The standard InChI is InChI=1S/C17H20FN3O/c1-20-16(8-9-19-20)12-21-10-2-3-15(21)11-17(22)13-4-6-14(18)7-5-13/h4-9,15H,2-3,10-12H2,1H3/t15-/m0/s1. The number of aryl methyl sites for hydroxylation is 1. The quantitative estimate of drug-likeness (QED) is 0.797. The van der Waals surface area contributed by atoms with Crippen molar-refractivity contribution in [2.75, 3.05) is 6.54 Å². The highest BCUT2D eigenvalue weighted by Crippen LogP contribution is 2.24. The summed E-state index contributed by atoms with van der Waals surface area (Å²) in [6.07, 6.45) is 4.43. The van der Waals surface area contributed by atoms with Crippen LogP contribution in [0.2, 0.25) is 0 Å². The minimum atomic E-state index is -0.310. The van der Waals surface area contributed by atoms with E-state index in [0.717, 1.165) is 31.6 Å². The molecule has 1 aliphatic rings. The molecule has 0 amide bonds. The van der Waals surface area contributed by atoms with E-state index >= 15 is 0 Å². The normalized spacial score (nSPS) is 18.7. The highest BCUT2D eigenvalue weighted by molar-refractivity contribution is 5.96. The van der Waals surface area contributed by atoms with Crippen LogP contribution in [-0.4, -0.2) is 33.1 Å². The second-order valence-corrected chi connectivity index (χ2v) is 5.85. The maximum absolute atomic E-state index is 12.9. The summed E-state index contributed by atoms with van der Waals surface area (Å²) < 4.78 is 14.8. The zero-order valence-electron chi connectivity index (χ0n) is 12.7. The summed E-state index contributed by atoms with van der Waals surface area (Å²) >= 11 is 0. The molecule has 1 fully saturated rings. The lowest BCUT2D eigenvalue weighted by molar-refractivity contribution is 0.0937. The van der Waals surface area contributed by atoms with E-state index in [1.807, 2.05) is 17.8 Å². The molecule has 0 saturated carbocycles. The summed E-state index contributed by atoms with van der Waals surface area (Å²) in [7, 11) is 1.93. The predicted molar refractivity (Wildman–Crippen MR) is 82.0 cm³/mol. The molecule has 1 atom stereocenters. The van der Waals surface area contributed by atoms with E-state index in [0.29, 0.717) is 12.0 Å². The number of halogens is 1. The third-order valence-electron chi connectivity index (χ3n) is 4.37. The van der Waals surface area contributed by atoms with Crippen LogP contribution in [0.15, 0.2) is 36.5 Å². The average Bonchev–Trinajstić information content (AvgIpc) is 3.10. The van der Waals surface area contributed by atoms with Crippen molar-refractivity contribution >= 4 is 5.78 Å². The summed E-state index contributed by atoms with van der Waals surface area (Å²) in [6, 6.07) is 8.09. The molecule has 0 N–H and O–H groups in total. The molecule has 2 aromatic rings. The molecule has 0 aliphatic carbocycles. The number of rotatable bonds is 5. The molecule has 1 saturated heterocycles. The fraction of sp³-hybridized carbons (Fsp3) is 0.412. The van der Waals surface area contributed by atoms with E-state index in [9.17, 15) is 9.18 Å². The molecule has 0 unspecified atom stereocenters. The van der Waals surface area contributed by atoms with E-state index in [4.69, 9.17) is 0 Å². The lowest BCUT2D eigenvalue weighted by Gasteiger charge is -2.23. The molecule has 1 aromatic carbocycles. The van der Waals surface area contributed by atoms with Gasteiger partial charge in [-0.3, -0.25) is 14.4 Å². The van der Waals surface area contributed by atoms with E-state index in [1.54, 1.807) is 18.3 Å². The molecule has 22 heavy (non-hydrogen) atoms. The van der Waals surface area contributed by atoms with Gasteiger partial charge in [-0.15, -0.1) is 0 Å². The summed E-state index contributed by atoms with van der Waals surface area (Å²) in [5.41, 5.74) is 1.75. The summed E-state index contributed by atoms with van der Waals surface area (Å²) in [4.78, 5) is 14.7. The minimum absolute atomic E-state index is 0.0851. The number of hydrogen-bond donors (Lipinski definition) is 0. The van der Waals surface area contributed by atoms with Crippen molar-refractivity contribution < 1.29 is 9.18 Å².